The molecule has 2 heterocycles. The van der Waals surface area contributed by atoms with Gasteiger partial charge in [-0.25, -0.2) is 14.8 Å². The molecular formula is C28H34N4O4. The summed E-state index contributed by atoms with van der Waals surface area (Å²) >= 11 is 0. The molecule has 1 fully saturated rings. The van der Waals surface area contributed by atoms with Crippen LogP contribution in [0.3, 0.4) is 0 Å². The van der Waals surface area contributed by atoms with E-state index in [1.54, 1.807) is 23.1 Å². The number of phenols is 1. The Balaban J connectivity index is 1.59. The number of carbonyl (C=O) groups excluding carboxylic acids is 1. The molecule has 4 rings (SSSR count). The van der Waals surface area contributed by atoms with Crippen molar-refractivity contribution < 1.29 is 19.4 Å². The van der Waals surface area contributed by atoms with Gasteiger partial charge in [-0.05, 0) is 64.3 Å². The lowest BCUT2D eigenvalue weighted by Crippen LogP contribution is -2.42. The van der Waals surface area contributed by atoms with Gasteiger partial charge in [-0.1, -0.05) is 35.9 Å². The van der Waals surface area contributed by atoms with Crippen LogP contribution in [-0.2, 0) is 11.3 Å². The molecule has 1 amide bonds. The third-order valence-electron chi connectivity index (χ3n) is 6.03. The van der Waals surface area contributed by atoms with Crippen LogP contribution < -0.4 is 10.5 Å². The van der Waals surface area contributed by atoms with Crippen molar-refractivity contribution in [3.63, 3.8) is 0 Å². The molecule has 0 spiro atoms. The minimum Gasteiger partial charge on any atom is -0.507 e. The number of nitrogens with zero attached hydrogens (tertiary/aromatic N) is 3. The van der Waals surface area contributed by atoms with Crippen LogP contribution in [0.25, 0.3) is 11.3 Å². The number of piperidine rings is 1. The summed E-state index contributed by atoms with van der Waals surface area (Å²) in [6, 6.07) is 15.0. The number of aryl methyl sites for hydroxylation is 1. The van der Waals surface area contributed by atoms with E-state index >= 15 is 0 Å². The second-order valence-electron chi connectivity index (χ2n) is 10.2. The second kappa shape index (κ2) is 10.4. The molecule has 1 atom stereocenters. The molecule has 1 unspecified atom stereocenters. The van der Waals surface area contributed by atoms with Gasteiger partial charge in [0.1, 0.15) is 23.7 Å². The topological polar surface area (TPSA) is 111 Å². The van der Waals surface area contributed by atoms with E-state index in [4.69, 9.17) is 15.2 Å². The number of nitrogens with two attached hydrogens (primary N) is 1. The Labute approximate surface area is 212 Å². The van der Waals surface area contributed by atoms with E-state index in [2.05, 4.69) is 9.97 Å². The highest BCUT2D eigenvalue weighted by Gasteiger charge is 2.30. The molecule has 0 saturated carbocycles. The van der Waals surface area contributed by atoms with Crippen molar-refractivity contribution in [3.8, 4) is 22.8 Å². The maximum atomic E-state index is 12.6. The molecule has 0 aliphatic carbocycles. The van der Waals surface area contributed by atoms with Crippen LogP contribution in [0, 0.1) is 6.92 Å². The molecule has 3 N–H and O–H groups in total. The largest absolute Gasteiger partial charge is 0.507 e. The number of amides is 1. The highest BCUT2D eigenvalue weighted by Crippen LogP contribution is 2.39. The van der Waals surface area contributed by atoms with Crippen LogP contribution in [-0.4, -0.2) is 44.8 Å². The summed E-state index contributed by atoms with van der Waals surface area (Å²) in [5, 5.41) is 10.7. The van der Waals surface area contributed by atoms with Crippen LogP contribution >= 0.6 is 0 Å². The molecule has 1 aliphatic heterocycles. The number of hydrogen-bond donors (Lipinski definition) is 2. The van der Waals surface area contributed by atoms with Crippen molar-refractivity contribution in [2.24, 2.45) is 0 Å². The lowest BCUT2D eigenvalue weighted by molar-refractivity contribution is 0.0197. The van der Waals surface area contributed by atoms with E-state index in [1.807, 2.05) is 58.0 Å². The van der Waals surface area contributed by atoms with Crippen LogP contribution in [0.1, 0.15) is 56.4 Å². The minimum absolute atomic E-state index is 0.0295. The number of ether oxygens (including phenoxy) is 2. The fourth-order valence-electron chi connectivity index (χ4n) is 4.28. The monoisotopic (exact) mass is 490 g/mol. The summed E-state index contributed by atoms with van der Waals surface area (Å²) in [6.07, 6.45) is 1.35. The lowest BCUT2D eigenvalue weighted by Gasteiger charge is -2.34. The standard InChI is InChI=1S/C28H34N4O4/c1-18-10-12-19(13-11-18)17-35-24-9-5-8-23(33)25(24)22-15-21(30-26(29)31-22)20-7-6-14-32(16-20)27(34)36-28(2,3)4/h5,8-13,15,20,33H,6-7,14,16-17H2,1-4H3,(H2,29,30,31). The smallest absolute Gasteiger partial charge is 0.410 e. The summed E-state index contributed by atoms with van der Waals surface area (Å²) in [7, 11) is 0. The van der Waals surface area contributed by atoms with Crippen LogP contribution in [0.5, 0.6) is 11.5 Å². The SMILES string of the molecule is Cc1ccc(COc2cccc(O)c2-c2cc(C3CCCN(C(=O)OC(C)(C)C)C3)nc(N)n2)cc1. The van der Waals surface area contributed by atoms with Crippen molar-refractivity contribution in [2.75, 3.05) is 18.8 Å². The number of aromatic nitrogens is 2. The van der Waals surface area contributed by atoms with Gasteiger partial charge in [-0.2, -0.15) is 0 Å². The van der Waals surface area contributed by atoms with Crippen molar-refractivity contribution in [1.82, 2.24) is 14.9 Å². The molecule has 8 heteroatoms. The van der Waals surface area contributed by atoms with Gasteiger partial charge in [0.25, 0.3) is 0 Å². The third-order valence-corrected chi connectivity index (χ3v) is 6.03. The van der Waals surface area contributed by atoms with Gasteiger partial charge in [0.05, 0.1) is 17.0 Å². The summed E-state index contributed by atoms with van der Waals surface area (Å²) in [5.41, 5.74) is 9.40. The number of anilines is 1. The van der Waals surface area contributed by atoms with Gasteiger partial charge in [0.15, 0.2) is 0 Å². The summed E-state index contributed by atoms with van der Waals surface area (Å²) in [6.45, 7) is 9.06. The molecular weight excluding hydrogens is 456 g/mol. The molecule has 0 radical (unpaired) electrons. The predicted octanol–water partition coefficient (Wildman–Crippen LogP) is 5.43. The summed E-state index contributed by atoms with van der Waals surface area (Å²) < 4.78 is 11.6. The number of hydrogen-bond acceptors (Lipinski definition) is 7. The highest BCUT2D eigenvalue weighted by molar-refractivity contribution is 5.74. The number of aromatic hydroxyl groups is 1. The number of carbonyl (C=O) groups is 1. The van der Waals surface area contributed by atoms with Gasteiger partial charge in [0.2, 0.25) is 5.95 Å². The van der Waals surface area contributed by atoms with Crippen molar-refractivity contribution >= 4 is 12.0 Å². The predicted molar refractivity (Wildman–Crippen MR) is 139 cm³/mol. The molecule has 0 bridgehead atoms. The van der Waals surface area contributed by atoms with E-state index in [0.29, 0.717) is 36.7 Å². The minimum atomic E-state index is -0.559. The Morgan fingerprint density at radius 1 is 1.17 bits per heavy atom. The zero-order valence-corrected chi connectivity index (χ0v) is 21.3. The Kier molecular flexibility index (Phi) is 7.33. The lowest BCUT2D eigenvalue weighted by atomic mass is 9.93. The van der Waals surface area contributed by atoms with Crippen molar-refractivity contribution in [3.05, 3.63) is 65.4 Å². The molecule has 3 aromatic rings. The van der Waals surface area contributed by atoms with E-state index in [9.17, 15) is 9.90 Å². The van der Waals surface area contributed by atoms with Crippen LogP contribution in [0.4, 0.5) is 10.7 Å². The van der Waals surface area contributed by atoms with Gasteiger partial charge in [-0.15, -0.1) is 0 Å². The fourth-order valence-corrected chi connectivity index (χ4v) is 4.28. The van der Waals surface area contributed by atoms with Gasteiger partial charge in [0, 0.05) is 19.0 Å². The third kappa shape index (κ3) is 6.24. The van der Waals surface area contributed by atoms with Gasteiger partial charge >= 0.3 is 6.09 Å². The van der Waals surface area contributed by atoms with Crippen LogP contribution in [0.15, 0.2) is 48.5 Å². The van der Waals surface area contributed by atoms with Crippen LogP contribution in [0.2, 0.25) is 0 Å². The highest BCUT2D eigenvalue weighted by atomic mass is 16.6. The zero-order valence-electron chi connectivity index (χ0n) is 21.3. The van der Waals surface area contributed by atoms with Crippen molar-refractivity contribution in [2.45, 2.75) is 58.7 Å². The number of benzene rings is 2. The maximum absolute atomic E-state index is 12.6. The Hall–Kier alpha value is -3.81. The average molecular weight is 491 g/mol. The average Bonchev–Trinajstić information content (AvgIpc) is 2.82. The van der Waals surface area contributed by atoms with Gasteiger partial charge < -0.3 is 25.2 Å². The maximum Gasteiger partial charge on any atom is 0.410 e. The Morgan fingerprint density at radius 2 is 1.92 bits per heavy atom. The molecule has 1 aromatic heterocycles. The number of likely N-dealkylation sites (tertiary alicyclic amines) is 1. The summed E-state index contributed by atoms with van der Waals surface area (Å²) in [5.74, 6) is 0.612. The molecule has 8 nitrogen and oxygen atoms in total. The second-order valence-corrected chi connectivity index (χ2v) is 10.2. The van der Waals surface area contributed by atoms with E-state index in [-0.39, 0.29) is 23.7 Å². The zero-order chi connectivity index (χ0) is 25.9. The van der Waals surface area contributed by atoms with Gasteiger partial charge in [-0.3, -0.25) is 0 Å². The molecule has 1 aliphatic rings. The number of nitrogen functional groups attached to an aromatic ring is 1. The first kappa shape index (κ1) is 25.3. The van der Waals surface area contributed by atoms with Crippen molar-refractivity contribution in [1.29, 1.82) is 0 Å². The van der Waals surface area contributed by atoms with E-state index in [0.717, 1.165) is 24.1 Å². The molecule has 190 valence electrons. The van der Waals surface area contributed by atoms with E-state index < -0.39 is 5.60 Å². The fraction of sp³-hybridized carbons (Fsp3) is 0.393. The first-order valence-electron chi connectivity index (χ1n) is 12.2. The first-order chi connectivity index (χ1) is 17.1. The Bertz CT molecular complexity index is 1220. The number of rotatable bonds is 5. The molecule has 2 aromatic carbocycles. The number of phenolic OH excluding ortho intramolecular Hbond substituents is 1. The quantitative estimate of drug-likeness (QED) is 0.490. The normalized spacial score (nSPS) is 16.0. The molecule has 1 saturated heterocycles. The van der Waals surface area contributed by atoms with E-state index in [1.165, 1.54) is 5.56 Å². The Morgan fingerprint density at radius 3 is 2.64 bits per heavy atom. The molecule has 36 heavy (non-hydrogen) atoms. The first-order valence-corrected chi connectivity index (χ1v) is 12.2. The summed E-state index contributed by atoms with van der Waals surface area (Å²) in [4.78, 5) is 23.2.